The standard InChI is InChI=1S/C21H24N2O3/c24-20(16-7-6-13-22(26)15-16)23-14-12-21(25,17-8-2-1-3-9-17)18-10-4-5-11-19(18)23/h1-3,6-9,13,15,18-19,25H,4-5,10-12,14H2. The molecule has 1 amide bonds. The third-order valence-corrected chi connectivity index (χ3v) is 6.03. The fourth-order valence-electron chi connectivity index (χ4n) is 4.77. The molecule has 0 bridgehead atoms. The minimum atomic E-state index is -0.891. The van der Waals surface area contributed by atoms with Gasteiger partial charge in [0.15, 0.2) is 12.4 Å². The van der Waals surface area contributed by atoms with E-state index >= 15 is 0 Å². The molecule has 4 rings (SSSR count). The largest absolute Gasteiger partial charge is 0.619 e. The fraction of sp³-hybridized carbons (Fsp3) is 0.429. The summed E-state index contributed by atoms with van der Waals surface area (Å²) in [6.07, 6.45) is 7.18. The lowest BCUT2D eigenvalue weighted by molar-refractivity contribution is -0.605. The highest BCUT2D eigenvalue weighted by Gasteiger charge is 2.50. The van der Waals surface area contributed by atoms with Gasteiger partial charge in [0.1, 0.15) is 5.56 Å². The zero-order valence-corrected chi connectivity index (χ0v) is 14.8. The lowest BCUT2D eigenvalue weighted by atomic mass is 9.66. The van der Waals surface area contributed by atoms with Crippen molar-refractivity contribution in [2.45, 2.75) is 43.7 Å². The molecular weight excluding hydrogens is 328 g/mol. The van der Waals surface area contributed by atoms with Crippen LogP contribution in [0.25, 0.3) is 0 Å². The first-order valence-corrected chi connectivity index (χ1v) is 9.37. The second-order valence-corrected chi connectivity index (χ2v) is 7.45. The number of likely N-dealkylation sites (tertiary alicyclic amines) is 1. The number of amides is 1. The molecule has 1 aliphatic heterocycles. The second-order valence-electron chi connectivity index (χ2n) is 7.45. The van der Waals surface area contributed by atoms with E-state index in [0.29, 0.717) is 23.3 Å². The van der Waals surface area contributed by atoms with Gasteiger partial charge in [-0.15, -0.1) is 0 Å². The zero-order chi connectivity index (χ0) is 18.1. The van der Waals surface area contributed by atoms with E-state index in [2.05, 4.69) is 0 Å². The van der Waals surface area contributed by atoms with Crippen LogP contribution < -0.4 is 4.73 Å². The van der Waals surface area contributed by atoms with Crippen molar-refractivity contribution >= 4 is 5.91 Å². The van der Waals surface area contributed by atoms with Crippen LogP contribution in [-0.4, -0.2) is 28.5 Å². The summed E-state index contributed by atoms with van der Waals surface area (Å²) in [4.78, 5) is 14.9. The van der Waals surface area contributed by atoms with Gasteiger partial charge in [-0.1, -0.05) is 43.2 Å². The van der Waals surface area contributed by atoms with E-state index in [1.807, 2.05) is 35.2 Å². The normalized spacial score (nSPS) is 28.4. The van der Waals surface area contributed by atoms with Crippen molar-refractivity contribution in [2.24, 2.45) is 5.92 Å². The molecule has 2 heterocycles. The Morgan fingerprint density at radius 1 is 1.15 bits per heavy atom. The molecule has 136 valence electrons. The summed E-state index contributed by atoms with van der Waals surface area (Å²) < 4.78 is 0.663. The van der Waals surface area contributed by atoms with Gasteiger partial charge in [-0.25, -0.2) is 0 Å². The first-order valence-electron chi connectivity index (χ1n) is 9.37. The molecule has 1 saturated heterocycles. The predicted octanol–water partition coefficient (Wildman–Crippen LogP) is 2.61. The zero-order valence-electron chi connectivity index (χ0n) is 14.8. The molecule has 1 aromatic carbocycles. The van der Waals surface area contributed by atoms with Crippen molar-refractivity contribution < 1.29 is 14.6 Å². The van der Waals surface area contributed by atoms with E-state index in [-0.39, 0.29) is 17.9 Å². The Morgan fingerprint density at radius 2 is 1.92 bits per heavy atom. The number of carbonyl (C=O) groups is 1. The number of fused-ring (bicyclic) bond motifs is 1. The van der Waals surface area contributed by atoms with Gasteiger partial charge in [0.05, 0.1) is 5.60 Å². The number of benzene rings is 1. The molecule has 2 aliphatic rings. The highest BCUT2D eigenvalue weighted by atomic mass is 16.5. The van der Waals surface area contributed by atoms with E-state index in [0.717, 1.165) is 31.2 Å². The summed E-state index contributed by atoms with van der Waals surface area (Å²) in [5.41, 5.74) is 0.469. The van der Waals surface area contributed by atoms with Gasteiger partial charge < -0.3 is 15.2 Å². The molecule has 3 atom stereocenters. The Labute approximate surface area is 153 Å². The van der Waals surface area contributed by atoms with Gasteiger partial charge in [0, 0.05) is 24.6 Å². The molecule has 1 aliphatic carbocycles. The monoisotopic (exact) mass is 352 g/mol. The molecule has 26 heavy (non-hydrogen) atoms. The van der Waals surface area contributed by atoms with E-state index in [1.165, 1.54) is 12.4 Å². The molecule has 2 aromatic rings. The SMILES string of the molecule is O=C(c1ccc[n+]([O-])c1)N1CCC(O)(c2ccccc2)C2CCCCC21. The van der Waals surface area contributed by atoms with Gasteiger partial charge in [0.25, 0.3) is 5.91 Å². The fourth-order valence-corrected chi connectivity index (χ4v) is 4.77. The van der Waals surface area contributed by atoms with E-state index in [4.69, 9.17) is 0 Å². The molecule has 1 saturated carbocycles. The van der Waals surface area contributed by atoms with Crippen LogP contribution >= 0.6 is 0 Å². The summed E-state index contributed by atoms with van der Waals surface area (Å²) in [5.74, 6) is -0.0818. The summed E-state index contributed by atoms with van der Waals surface area (Å²) in [5, 5.41) is 23.1. The maximum absolute atomic E-state index is 13.0. The quantitative estimate of drug-likeness (QED) is 0.667. The van der Waals surface area contributed by atoms with E-state index in [1.54, 1.807) is 12.1 Å². The molecule has 0 spiro atoms. The minimum Gasteiger partial charge on any atom is -0.619 e. The maximum Gasteiger partial charge on any atom is 0.260 e. The van der Waals surface area contributed by atoms with Gasteiger partial charge in [-0.3, -0.25) is 4.79 Å². The Kier molecular flexibility index (Phi) is 4.41. The average molecular weight is 352 g/mol. The Balaban J connectivity index is 1.66. The van der Waals surface area contributed by atoms with Crippen LogP contribution in [0.15, 0.2) is 54.9 Å². The summed E-state index contributed by atoms with van der Waals surface area (Å²) in [7, 11) is 0. The van der Waals surface area contributed by atoms with Crippen molar-refractivity contribution in [3.63, 3.8) is 0 Å². The predicted molar refractivity (Wildman–Crippen MR) is 97.1 cm³/mol. The van der Waals surface area contributed by atoms with E-state index < -0.39 is 5.60 Å². The van der Waals surface area contributed by atoms with Crippen molar-refractivity contribution in [1.29, 1.82) is 0 Å². The third-order valence-electron chi connectivity index (χ3n) is 6.03. The van der Waals surface area contributed by atoms with Crippen LogP contribution in [0.2, 0.25) is 0 Å². The molecule has 3 unspecified atom stereocenters. The van der Waals surface area contributed by atoms with Crippen molar-refractivity contribution in [3.05, 3.63) is 71.2 Å². The number of piperidine rings is 1. The first kappa shape index (κ1) is 17.0. The second kappa shape index (κ2) is 6.72. The Bertz CT molecular complexity index is 795. The number of rotatable bonds is 2. The van der Waals surface area contributed by atoms with Crippen LogP contribution in [0.1, 0.15) is 48.0 Å². The van der Waals surface area contributed by atoms with Gasteiger partial charge in [-0.05, 0) is 30.9 Å². The third kappa shape index (κ3) is 2.86. The molecule has 1 N–H and O–H groups in total. The van der Waals surface area contributed by atoms with Crippen LogP contribution in [-0.2, 0) is 5.60 Å². The van der Waals surface area contributed by atoms with Crippen LogP contribution in [0, 0.1) is 11.1 Å². The average Bonchev–Trinajstić information content (AvgIpc) is 2.69. The van der Waals surface area contributed by atoms with Crippen LogP contribution in [0.3, 0.4) is 0 Å². The molecular formula is C21H24N2O3. The Morgan fingerprint density at radius 3 is 2.69 bits per heavy atom. The van der Waals surface area contributed by atoms with Gasteiger partial charge >= 0.3 is 0 Å². The first-order chi connectivity index (χ1) is 12.6. The molecule has 5 heteroatoms. The van der Waals surface area contributed by atoms with Crippen LogP contribution in [0.5, 0.6) is 0 Å². The van der Waals surface area contributed by atoms with E-state index in [9.17, 15) is 15.1 Å². The molecule has 0 radical (unpaired) electrons. The highest BCUT2D eigenvalue weighted by molar-refractivity contribution is 5.94. The number of carbonyl (C=O) groups excluding carboxylic acids is 1. The number of aromatic nitrogens is 1. The summed E-state index contributed by atoms with van der Waals surface area (Å²) >= 11 is 0. The lowest BCUT2D eigenvalue weighted by Gasteiger charge is -2.52. The van der Waals surface area contributed by atoms with Crippen molar-refractivity contribution in [1.82, 2.24) is 4.90 Å². The number of hydrogen-bond donors (Lipinski definition) is 1. The maximum atomic E-state index is 13.0. The topological polar surface area (TPSA) is 67.5 Å². The summed E-state index contributed by atoms with van der Waals surface area (Å²) in [6, 6.07) is 13.1. The minimum absolute atomic E-state index is 0.00974. The number of pyridine rings is 1. The smallest absolute Gasteiger partial charge is 0.260 e. The highest BCUT2D eigenvalue weighted by Crippen LogP contribution is 2.47. The molecule has 2 fully saturated rings. The number of nitrogens with zero attached hydrogens (tertiary/aromatic N) is 2. The van der Waals surface area contributed by atoms with Gasteiger partial charge in [0.2, 0.25) is 0 Å². The van der Waals surface area contributed by atoms with Crippen molar-refractivity contribution in [2.75, 3.05) is 6.54 Å². The number of aliphatic hydroxyl groups is 1. The Hall–Kier alpha value is -2.40. The number of hydrogen-bond acceptors (Lipinski definition) is 3. The van der Waals surface area contributed by atoms with Crippen LogP contribution in [0.4, 0.5) is 0 Å². The van der Waals surface area contributed by atoms with Crippen molar-refractivity contribution in [3.8, 4) is 0 Å². The lowest BCUT2D eigenvalue weighted by Crippen LogP contribution is -2.59. The molecule has 5 nitrogen and oxygen atoms in total. The molecule has 1 aromatic heterocycles. The summed E-state index contributed by atoms with van der Waals surface area (Å²) in [6.45, 7) is 0.499. The van der Waals surface area contributed by atoms with Gasteiger partial charge in [-0.2, -0.15) is 4.73 Å².